The van der Waals surface area contributed by atoms with Gasteiger partial charge < -0.3 is 15.7 Å². The van der Waals surface area contributed by atoms with Crippen molar-refractivity contribution < 1.29 is 14.3 Å². The fourth-order valence-electron chi connectivity index (χ4n) is 2.01. The summed E-state index contributed by atoms with van der Waals surface area (Å²) in [4.78, 5) is 12.9. The van der Waals surface area contributed by atoms with Crippen LogP contribution in [-0.2, 0) is 6.54 Å². The Labute approximate surface area is 139 Å². The molecule has 0 spiro atoms. The van der Waals surface area contributed by atoms with Crippen molar-refractivity contribution in [1.29, 1.82) is 0 Å². The quantitative estimate of drug-likeness (QED) is 0.712. The van der Waals surface area contributed by atoms with Crippen molar-refractivity contribution in [1.82, 2.24) is 10.6 Å². The van der Waals surface area contributed by atoms with Crippen LogP contribution >= 0.6 is 11.8 Å². The first-order valence-corrected chi connectivity index (χ1v) is 8.39. The first-order chi connectivity index (χ1) is 11.1. The summed E-state index contributed by atoms with van der Waals surface area (Å²) in [6.07, 6.45) is 1.06. The molecule has 2 aromatic carbocycles. The first kappa shape index (κ1) is 17.3. The van der Waals surface area contributed by atoms with Crippen LogP contribution in [0.25, 0.3) is 0 Å². The third-order valence-corrected chi connectivity index (χ3v) is 4.05. The van der Waals surface area contributed by atoms with E-state index in [0.717, 1.165) is 10.5 Å². The molecule has 0 aliphatic carbocycles. The maximum atomic E-state index is 13.1. The number of urea groups is 1. The van der Waals surface area contributed by atoms with E-state index < -0.39 is 11.9 Å². The molecule has 1 unspecified atom stereocenters. The highest BCUT2D eigenvalue weighted by atomic mass is 32.2. The van der Waals surface area contributed by atoms with Gasteiger partial charge in [0, 0.05) is 18.0 Å². The summed E-state index contributed by atoms with van der Waals surface area (Å²) in [7, 11) is 0. The topological polar surface area (TPSA) is 61.4 Å². The Hall–Kier alpha value is -2.05. The highest BCUT2D eigenvalue weighted by molar-refractivity contribution is 7.98. The predicted octanol–water partition coefficient (Wildman–Crippen LogP) is 3.08. The van der Waals surface area contributed by atoms with Gasteiger partial charge in [0.05, 0.1) is 6.10 Å². The van der Waals surface area contributed by atoms with Crippen LogP contribution in [0, 0.1) is 5.82 Å². The number of carbonyl (C=O) groups excluding carboxylic acids is 1. The Bertz CT molecular complexity index is 649. The van der Waals surface area contributed by atoms with E-state index in [9.17, 15) is 14.3 Å². The minimum absolute atomic E-state index is 0.0146. The van der Waals surface area contributed by atoms with Crippen LogP contribution in [-0.4, -0.2) is 23.9 Å². The molecular weight excluding hydrogens is 315 g/mol. The number of thioether (sulfide) groups is 1. The summed E-state index contributed by atoms with van der Waals surface area (Å²) in [6.45, 7) is 0.414. The van der Waals surface area contributed by atoms with Crippen LogP contribution in [0.5, 0.6) is 0 Å². The third-order valence-electron chi connectivity index (χ3n) is 3.30. The van der Waals surface area contributed by atoms with E-state index in [2.05, 4.69) is 10.6 Å². The molecule has 2 amide bonds. The van der Waals surface area contributed by atoms with Crippen LogP contribution in [0.15, 0.2) is 53.4 Å². The summed E-state index contributed by atoms with van der Waals surface area (Å²) in [5, 5.41) is 15.2. The normalized spacial score (nSPS) is 11.8. The Morgan fingerprint density at radius 2 is 1.96 bits per heavy atom. The van der Waals surface area contributed by atoms with Crippen molar-refractivity contribution in [3.63, 3.8) is 0 Å². The number of nitrogens with one attached hydrogen (secondary N) is 2. The largest absolute Gasteiger partial charge is 0.387 e. The van der Waals surface area contributed by atoms with Crippen LogP contribution in [0.2, 0.25) is 0 Å². The molecule has 0 radical (unpaired) electrons. The SMILES string of the molecule is CSc1ccc(CNC(=O)NCC(O)c2cccc(F)c2)cc1. The van der Waals surface area contributed by atoms with Gasteiger partial charge in [-0.3, -0.25) is 0 Å². The summed E-state index contributed by atoms with van der Waals surface area (Å²) >= 11 is 1.66. The van der Waals surface area contributed by atoms with Crippen LogP contribution in [0.4, 0.5) is 9.18 Å². The maximum Gasteiger partial charge on any atom is 0.315 e. The van der Waals surface area contributed by atoms with Gasteiger partial charge in [0.15, 0.2) is 0 Å². The summed E-state index contributed by atoms with van der Waals surface area (Å²) in [5.41, 5.74) is 1.42. The lowest BCUT2D eigenvalue weighted by molar-refractivity contribution is 0.172. The van der Waals surface area contributed by atoms with E-state index >= 15 is 0 Å². The number of halogens is 1. The van der Waals surface area contributed by atoms with E-state index in [1.807, 2.05) is 30.5 Å². The highest BCUT2D eigenvalue weighted by Crippen LogP contribution is 2.15. The number of aliphatic hydroxyl groups is 1. The molecule has 0 bridgehead atoms. The van der Waals surface area contributed by atoms with Gasteiger partial charge in [-0.15, -0.1) is 11.8 Å². The van der Waals surface area contributed by atoms with Gasteiger partial charge in [-0.25, -0.2) is 9.18 Å². The summed E-state index contributed by atoms with van der Waals surface area (Å²) < 4.78 is 13.1. The third kappa shape index (κ3) is 5.58. The van der Waals surface area contributed by atoms with Gasteiger partial charge in [-0.2, -0.15) is 0 Å². The molecule has 3 N–H and O–H groups in total. The lowest BCUT2D eigenvalue weighted by Gasteiger charge is -2.13. The van der Waals surface area contributed by atoms with E-state index in [-0.39, 0.29) is 12.6 Å². The minimum Gasteiger partial charge on any atom is -0.387 e. The molecule has 0 saturated carbocycles. The first-order valence-electron chi connectivity index (χ1n) is 7.16. The predicted molar refractivity (Wildman–Crippen MR) is 89.8 cm³/mol. The van der Waals surface area contributed by atoms with Crippen molar-refractivity contribution in [2.75, 3.05) is 12.8 Å². The molecule has 6 heteroatoms. The zero-order valence-electron chi connectivity index (χ0n) is 12.8. The van der Waals surface area contributed by atoms with Crippen LogP contribution in [0.1, 0.15) is 17.2 Å². The molecule has 122 valence electrons. The fourth-order valence-corrected chi connectivity index (χ4v) is 2.42. The second kappa shape index (κ2) is 8.55. The lowest BCUT2D eigenvalue weighted by Crippen LogP contribution is -2.37. The number of amides is 2. The number of carbonyl (C=O) groups is 1. The summed E-state index contributed by atoms with van der Waals surface area (Å²) in [5.74, 6) is -0.417. The highest BCUT2D eigenvalue weighted by Gasteiger charge is 2.10. The molecule has 0 aromatic heterocycles. The minimum atomic E-state index is -0.947. The van der Waals surface area contributed by atoms with Gasteiger partial charge in [-0.05, 0) is 41.6 Å². The Morgan fingerprint density at radius 1 is 1.22 bits per heavy atom. The van der Waals surface area contributed by atoms with Crippen molar-refractivity contribution in [3.05, 3.63) is 65.5 Å². The molecule has 0 aliphatic rings. The molecule has 0 saturated heterocycles. The number of aliphatic hydroxyl groups excluding tert-OH is 1. The molecule has 0 fully saturated rings. The molecule has 2 aromatic rings. The van der Waals surface area contributed by atoms with E-state index in [0.29, 0.717) is 12.1 Å². The molecule has 0 aliphatic heterocycles. The number of rotatable bonds is 6. The zero-order valence-corrected chi connectivity index (χ0v) is 13.6. The number of hydrogen-bond acceptors (Lipinski definition) is 3. The molecular formula is C17H19FN2O2S. The standard InChI is InChI=1S/C17H19FN2O2S/c1-23-15-7-5-12(6-8-15)10-19-17(22)20-11-16(21)13-3-2-4-14(18)9-13/h2-9,16,21H,10-11H2,1H3,(H2,19,20,22). The smallest absolute Gasteiger partial charge is 0.315 e. The van der Waals surface area contributed by atoms with Crippen LogP contribution < -0.4 is 10.6 Å². The average Bonchev–Trinajstić information content (AvgIpc) is 2.58. The molecule has 23 heavy (non-hydrogen) atoms. The van der Waals surface area contributed by atoms with Gasteiger partial charge in [0.2, 0.25) is 0 Å². The van der Waals surface area contributed by atoms with Crippen LogP contribution in [0.3, 0.4) is 0 Å². The second-order valence-corrected chi connectivity index (χ2v) is 5.86. The van der Waals surface area contributed by atoms with Crippen molar-refractivity contribution in [2.45, 2.75) is 17.5 Å². The molecule has 1 atom stereocenters. The van der Waals surface area contributed by atoms with E-state index in [1.54, 1.807) is 17.8 Å². The number of benzene rings is 2. The Balaban J connectivity index is 1.76. The molecule has 4 nitrogen and oxygen atoms in total. The number of hydrogen-bond donors (Lipinski definition) is 3. The van der Waals surface area contributed by atoms with Gasteiger partial charge in [0.25, 0.3) is 0 Å². The van der Waals surface area contributed by atoms with Crippen molar-refractivity contribution in [2.24, 2.45) is 0 Å². The monoisotopic (exact) mass is 334 g/mol. The van der Waals surface area contributed by atoms with Crippen molar-refractivity contribution >= 4 is 17.8 Å². The zero-order chi connectivity index (χ0) is 16.7. The van der Waals surface area contributed by atoms with E-state index in [1.165, 1.54) is 18.2 Å². The lowest BCUT2D eigenvalue weighted by atomic mass is 10.1. The van der Waals surface area contributed by atoms with E-state index in [4.69, 9.17) is 0 Å². The van der Waals surface area contributed by atoms with Gasteiger partial charge in [-0.1, -0.05) is 24.3 Å². The molecule has 2 rings (SSSR count). The Morgan fingerprint density at radius 3 is 2.61 bits per heavy atom. The maximum absolute atomic E-state index is 13.1. The van der Waals surface area contributed by atoms with Crippen molar-refractivity contribution in [3.8, 4) is 0 Å². The molecule has 0 heterocycles. The van der Waals surface area contributed by atoms with Gasteiger partial charge >= 0.3 is 6.03 Å². The Kier molecular flexibility index (Phi) is 6.43. The van der Waals surface area contributed by atoms with Gasteiger partial charge in [0.1, 0.15) is 5.82 Å². The second-order valence-electron chi connectivity index (χ2n) is 4.98. The fraction of sp³-hybridized carbons (Fsp3) is 0.235. The average molecular weight is 334 g/mol. The summed E-state index contributed by atoms with van der Waals surface area (Å²) in [6, 6.07) is 13.2.